The van der Waals surface area contributed by atoms with E-state index in [0.29, 0.717) is 0 Å². The summed E-state index contributed by atoms with van der Waals surface area (Å²) in [5.41, 5.74) is 3.28. The first-order valence-corrected chi connectivity index (χ1v) is 4.67. The molecular weight excluding hydrogens is 170 g/mol. The van der Waals surface area contributed by atoms with Crippen LogP contribution >= 0.6 is 12.4 Å². The summed E-state index contributed by atoms with van der Waals surface area (Å²) in [6.07, 6.45) is 5.44. The molecule has 1 nitrogen and oxygen atoms in total. The SMILES string of the molecule is CC(C)=C1CC2CCC(C1)N2.Cl. The molecule has 70 valence electrons. The highest BCUT2D eigenvalue weighted by Gasteiger charge is 2.30. The van der Waals surface area contributed by atoms with Crippen LogP contribution in [0.3, 0.4) is 0 Å². The van der Waals surface area contributed by atoms with E-state index in [0.717, 1.165) is 12.1 Å². The van der Waals surface area contributed by atoms with E-state index in [1.54, 1.807) is 11.1 Å². The Kier molecular flexibility index (Phi) is 3.19. The van der Waals surface area contributed by atoms with Crippen LogP contribution in [0.5, 0.6) is 0 Å². The molecule has 12 heavy (non-hydrogen) atoms. The average Bonchev–Trinajstić information content (AvgIpc) is 2.30. The smallest absolute Gasteiger partial charge is 0.0108 e. The minimum Gasteiger partial charge on any atom is -0.311 e. The molecule has 0 aliphatic carbocycles. The maximum Gasteiger partial charge on any atom is 0.0108 e. The third-order valence-electron chi connectivity index (χ3n) is 3.03. The van der Waals surface area contributed by atoms with Crippen molar-refractivity contribution in [3.05, 3.63) is 11.1 Å². The fraction of sp³-hybridized carbons (Fsp3) is 0.800. The molecular formula is C10H18ClN. The number of hydrogen-bond donors (Lipinski definition) is 1. The lowest BCUT2D eigenvalue weighted by Crippen LogP contribution is -2.34. The van der Waals surface area contributed by atoms with Crippen molar-refractivity contribution in [3.8, 4) is 0 Å². The molecule has 1 N–H and O–H groups in total. The minimum atomic E-state index is 0. The van der Waals surface area contributed by atoms with Gasteiger partial charge < -0.3 is 5.32 Å². The third kappa shape index (κ3) is 1.83. The summed E-state index contributed by atoms with van der Waals surface area (Å²) in [7, 11) is 0. The summed E-state index contributed by atoms with van der Waals surface area (Å²) in [5, 5.41) is 3.64. The molecule has 2 fully saturated rings. The molecule has 0 aromatic rings. The predicted octanol–water partition coefficient (Wildman–Crippen LogP) is 2.66. The van der Waals surface area contributed by atoms with Gasteiger partial charge in [0.05, 0.1) is 0 Å². The number of piperidine rings is 1. The van der Waals surface area contributed by atoms with E-state index in [9.17, 15) is 0 Å². The van der Waals surface area contributed by atoms with Crippen LogP contribution in [0, 0.1) is 0 Å². The maximum atomic E-state index is 3.64. The van der Waals surface area contributed by atoms with Crippen LogP contribution in [-0.2, 0) is 0 Å². The Morgan fingerprint density at radius 2 is 1.67 bits per heavy atom. The van der Waals surface area contributed by atoms with Gasteiger partial charge in [0.2, 0.25) is 0 Å². The highest BCUT2D eigenvalue weighted by Crippen LogP contribution is 2.31. The predicted molar refractivity (Wildman–Crippen MR) is 54.8 cm³/mol. The zero-order valence-electron chi connectivity index (χ0n) is 7.89. The number of allylic oxidation sites excluding steroid dienone is 1. The van der Waals surface area contributed by atoms with Crippen LogP contribution in [0.1, 0.15) is 39.5 Å². The Balaban J connectivity index is 0.000000720. The Morgan fingerprint density at radius 1 is 1.17 bits per heavy atom. The fourth-order valence-corrected chi connectivity index (χ4v) is 2.31. The van der Waals surface area contributed by atoms with E-state index in [1.807, 2.05) is 0 Å². The Bertz CT molecular complexity index is 180. The minimum absolute atomic E-state index is 0. The summed E-state index contributed by atoms with van der Waals surface area (Å²) < 4.78 is 0. The van der Waals surface area contributed by atoms with Crippen LogP contribution in [0.4, 0.5) is 0 Å². The quantitative estimate of drug-likeness (QED) is 0.575. The van der Waals surface area contributed by atoms with Gasteiger partial charge in [0.1, 0.15) is 0 Å². The summed E-state index contributed by atoms with van der Waals surface area (Å²) in [4.78, 5) is 0. The van der Waals surface area contributed by atoms with Crippen molar-refractivity contribution in [3.63, 3.8) is 0 Å². The molecule has 2 bridgehead atoms. The molecule has 2 saturated heterocycles. The molecule has 2 heterocycles. The molecule has 0 spiro atoms. The standard InChI is InChI=1S/C10H17N.ClH/c1-7(2)8-5-9-3-4-10(6-8)11-9;/h9-11H,3-6H2,1-2H3;1H. The first kappa shape index (κ1) is 10.1. The monoisotopic (exact) mass is 187 g/mol. The number of fused-ring (bicyclic) bond motifs is 2. The maximum absolute atomic E-state index is 3.64. The molecule has 2 rings (SSSR count). The van der Waals surface area contributed by atoms with Crippen molar-refractivity contribution in [1.29, 1.82) is 0 Å². The van der Waals surface area contributed by atoms with Crippen molar-refractivity contribution in [1.82, 2.24) is 5.32 Å². The highest BCUT2D eigenvalue weighted by atomic mass is 35.5. The van der Waals surface area contributed by atoms with Gasteiger partial charge in [-0.3, -0.25) is 0 Å². The Morgan fingerprint density at radius 3 is 2.08 bits per heavy atom. The van der Waals surface area contributed by atoms with Crippen molar-refractivity contribution >= 4 is 12.4 Å². The average molecular weight is 188 g/mol. The van der Waals surface area contributed by atoms with E-state index in [-0.39, 0.29) is 12.4 Å². The molecule has 2 aliphatic rings. The number of nitrogens with one attached hydrogen (secondary N) is 1. The first-order valence-electron chi connectivity index (χ1n) is 4.67. The van der Waals surface area contributed by atoms with Crippen LogP contribution in [-0.4, -0.2) is 12.1 Å². The second kappa shape index (κ2) is 3.80. The molecule has 0 radical (unpaired) electrons. The van der Waals surface area contributed by atoms with Gasteiger partial charge in [-0.2, -0.15) is 0 Å². The van der Waals surface area contributed by atoms with Crippen molar-refractivity contribution in [2.24, 2.45) is 0 Å². The lowest BCUT2D eigenvalue weighted by molar-refractivity contribution is 0.471. The van der Waals surface area contributed by atoms with Gasteiger partial charge in [-0.25, -0.2) is 0 Å². The first-order chi connectivity index (χ1) is 5.25. The van der Waals surface area contributed by atoms with Gasteiger partial charge in [-0.05, 0) is 39.5 Å². The number of hydrogen-bond acceptors (Lipinski definition) is 1. The van der Waals surface area contributed by atoms with E-state index < -0.39 is 0 Å². The van der Waals surface area contributed by atoms with E-state index >= 15 is 0 Å². The van der Waals surface area contributed by atoms with Crippen molar-refractivity contribution in [2.75, 3.05) is 0 Å². The zero-order valence-corrected chi connectivity index (χ0v) is 8.71. The number of rotatable bonds is 0. The van der Waals surface area contributed by atoms with Gasteiger partial charge in [0.25, 0.3) is 0 Å². The Hall–Kier alpha value is -0.0100. The van der Waals surface area contributed by atoms with Gasteiger partial charge in [-0.15, -0.1) is 12.4 Å². The third-order valence-corrected chi connectivity index (χ3v) is 3.03. The van der Waals surface area contributed by atoms with Crippen LogP contribution in [0.15, 0.2) is 11.1 Å². The summed E-state index contributed by atoms with van der Waals surface area (Å²) in [5.74, 6) is 0. The molecule has 2 heteroatoms. The summed E-state index contributed by atoms with van der Waals surface area (Å²) >= 11 is 0. The molecule has 2 aliphatic heterocycles. The second-order valence-corrected chi connectivity index (χ2v) is 4.15. The molecule has 2 unspecified atom stereocenters. The Labute approximate surface area is 81.0 Å². The largest absolute Gasteiger partial charge is 0.311 e. The molecule has 0 aromatic heterocycles. The van der Waals surface area contributed by atoms with Crippen LogP contribution < -0.4 is 5.32 Å². The van der Waals surface area contributed by atoms with E-state index in [4.69, 9.17) is 0 Å². The number of halogens is 1. The van der Waals surface area contributed by atoms with Gasteiger partial charge in [0, 0.05) is 12.1 Å². The van der Waals surface area contributed by atoms with Crippen LogP contribution in [0.25, 0.3) is 0 Å². The molecule has 0 aromatic carbocycles. The topological polar surface area (TPSA) is 12.0 Å². The van der Waals surface area contributed by atoms with E-state index in [2.05, 4.69) is 19.2 Å². The molecule has 2 atom stereocenters. The molecule has 0 amide bonds. The summed E-state index contributed by atoms with van der Waals surface area (Å²) in [6, 6.07) is 1.64. The van der Waals surface area contributed by atoms with Crippen LogP contribution in [0.2, 0.25) is 0 Å². The van der Waals surface area contributed by atoms with Crippen molar-refractivity contribution < 1.29 is 0 Å². The zero-order chi connectivity index (χ0) is 7.84. The summed E-state index contributed by atoms with van der Waals surface area (Å²) in [6.45, 7) is 4.50. The lowest BCUT2D eigenvalue weighted by Gasteiger charge is -2.24. The van der Waals surface area contributed by atoms with E-state index in [1.165, 1.54) is 25.7 Å². The fourth-order valence-electron chi connectivity index (χ4n) is 2.31. The van der Waals surface area contributed by atoms with Gasteiger partial charge in [-0.1, -0.05) is 11.1 Å². The van der Waals surface area contributed by atoms with Gasteiger partial charge in [0.15, 0.2) is 0 Å². The van der Waals surface area contributed by atoms with Gasteiger partial charge >= 0.3 is 0 Å². The van der Waals surface area contributed by atoms with Crippen molar-refractivity contribution in [2.45, 2.75) is 51.6 Å². The normalized spacial score (nSPS) is 33.0. The molecule has 0 saturated carbocycles. The highest BCUT2D eigenvalue weighted by molar-refractivity contribution is 5.85. The lowest BCUT2D eigenvalue weighted by atomic mass is 9.95. The second-order valence-electron chi connectivity index (χ2n) is 4.15.